The fourth-order valence-electron chi connectivity index (χ4n) is 1.63. The molecule has 0 bridgehead atoms. The molecule has 19 heavy (non-hydrogen) atoms. The van der Waals surface area contributed by atoms with E-state index >= 15 is 0 Å². The molecule has 0 radical (unpaired) electrons. The van der Waals surface area contributed by atoms with E-state index in [9.17, 15) is 9.90 Å². The summed E-state index contributed by atoms with van der Waals surface area (Å²) in [5.41, 5.74) is 0.994. The molecule has 1 rings (SSSR count). The molecule has 4 heteroatoms. The molecule has 0 aliphatic carbocycles. The molecule has 0 spiro atoms. The second-order valence-corrected chi connectivity index (χ2v) is 5.57. The number of rotatable bonds is 6. The number of hydrogen-bond acceptors (Lipinski definition) is 3. The lowest BCUT2D eigenvalue weighted by atomic mass is 9.98. The number of aliphatic hydroxyl groups is 2. The van der Waals surface area contributed by atoms with Crippen molar-refractivity contribution >= 4 is 5.91 Å². The Hall–Kier alpha value is -1.39. The normalized spacial score (nSPS) is 13.1. The van der Waals surface area contributed by atoms with Crippen molar-refractivity contribution in [2.45, 2.75) is 45.3 Å². The van der Waals surface area contributed by atoms with Crippen LogP contribution in [0.1, 0.15) is 43.1 Å². The van der Waals surface area contributed by atoms with E-state index in [2.05, 4.69) is 5.32 Å². The van der Waals surface area contributed by atoms with Crippen LogP contribution in [-0.4, -0.2) is 34.4 Å². The Morgan fingerprint density at radius 2 is 1.89 bits per heavy atom. The maximum atomic E-state index is 11.8. The first-order valence-corrected chi connectivity index (χ1v) is 6.55. The average molecular weight is 265 g/mol. The van der Waals surface area contributed by atoms with E-state index < -0.39 is 5.60 Å². The Bertz CT molecular complexity index is 406. The summed E-state index contributed by atoms with van der Waals surface area (Å²) in [5, 5.41) is 21.2. The quantitative estimate of drug-likeness (QED) is 0.730. The van der Waals surface area contributed by atoms with Crippen LogP contribution in [0.4, 0.5) is 0 Å². The fourth-order valence-corrected chi connectivity index (χ4v) is 1.63. The Balaban J connectivity index is 2.58. The molecule has 0 aliphatic heterocycles. The summed E-state index contributed by atoms with van der Waals surface area (Å²) in [6.07, 6.45) is 1.46. The van der Waals surface area contributed by atoms with Crippen molar-refractivity contribution in [2.75, 3.05) is 6.61 Å². The van der Waals surface area contributed by atoms with E-state index in [-0.39, 0.29) is 18.6 Å². The Morgan fingerprint density at radius 1 is 1.32 bits per heavy atom. The third-order valence-corrected chi connectivity index (χ3v) is 2.89. The van der Waals surface area contributed by atoms with Crippen molar-refractivity contribution in [3.8, 4) is 0 Å². The molecule has 0 aromatic heterocycles. The molecule has 106 valence electrons. The summed E-state index contributed by atoms with van der Waals surface area (Å²) in [5.74, 6) is -0.185. The first-order valence-electron chi connectivity index (χ1n) is 6.55. The fraction of sp³-hybridized carbons (Fsp3) is 0.533. The maximum Gasteiger partial charge on any atom is 0.251 e. The average Bonchev–Trinajstić information content (AvgIpc) is 2.36. The van der Waals surface area contributed by atoms with Gasteiger partial charge >= 0.3 is 0 Å². The number of hydrogen-bond donors (Lipinski definition) is 3. The molecule has 3 N–H and O–H groups in total. The van der Waals surface area contributed by atoms with E-state index in [4.69, 9.17) is 5.11 Å². The molecule has 1 aromatic rings. The summed E-state index contributed by atoms with van der Waals surface area (Å²) >= 11 is 0. The zero-order chi connectivity index (χ0) is 14.5. The third kappa shape index (κ3) is 5.85. The molecule has 1 atom stereocenters. The van der Waals surface area contributed by atoms with Crippen LogP contribution in [0.25, 0.3) is 0 Å². The predicted octanol–water partition coefficient (Wildman–Crippen LogP) is 1.50. The van der Waals surface area contributed by atoms with Crippen molar-refractivity contribution in [3.05, 3.63) is 35.4 Å². The van der Waals surface area contributed by atoms with Crippen molar-refractivity contribution in [1.82, 2.24) is 5.32 Å². The Kier molecular flexibility index (Phi) is 5.51. The summed E-state index contributed by atoms with van der Waals surface area (Å²) < 4.78 is 0. The predicted molar refractivity (Wildman–Crippen MR) is 75.1 cm³/mol. The van der Waals surface area contributed by atoms with Gasteiger partial charge in [0.25, 0.3) is 5.91 Å². The van der Waals surface area contributed by atoms with E-state index in [0.717, 1.165) is 12.0 Å². The van der Waals surface area contributed by atoms with Crippen molar-refractivity contribution in [2.24, 2.45) is 0 Å². The van der Waals surface area contributed by atoms with Gasteiger partial charge in [-0.05, 0) is 51.3 Å². The van der Waals surface area contributed by atoms with Gasteiger partial charge in [-0.15, -0.1) is 0 Å². The number of nitrogens with one attached hydrogen (secondary N) is 1. The van der Waals surface area contributed by atoms with Crippen LogP contribution >= 0.6 is 0 Å². The lowest BCUT2D eigenvalue weighted by Crippen LogP contribution is -2.34. The second-order valence-electron chi connectivity index (χ2n) is 5.57. The van der Waals surface area contributed by atoms with E-state index in [1.165, 1.54) is 0 Å². The molecule has 4 nitrogen and oxygen atoms in total. The number of amides is 1. The van der Waals surface area contributed by atoms with Gasteiger partial charge in [0.15, 0.2) is 0 Å². The first-order chi connectivity index (χ1) is 8.81. The summed E-state index contributed by atoms with van der Waals surface area (Å²) in [4.78, 5) is 11.8. The number of carbonyl (C=O) groups is 1. The minimum Gasteiger partial charge on any atom is -0.394 e. The number of benzene rings is 1. The van der Waals surface area contributed by atoms with Gasteiger partial charge in [-0.3, -0.25) is 4.79 Å². The second kappa shape index (κ2) is 6.68. The standard InChI is InChI=1S/C15H23NO3/c1-11(10-17)16-14(18)13-6-4-12(5-7-13)8-9-15(2,3)19/h4-7,11,17,19H,8-10H2,1-3H3,(H,16,18)/t11-/m0/s1. The van der Waals surface area contributed by atoms with E-state index in [1.807, 2.05) is 12.1 Å². The monoisotopic (exact) mass is 265 g/mol. The largest absolute Gasteiger partial charge is 0.394 e. The highest BCUT2D eigenvalue weighted by Gasteiger charge is 2.13. The molecule has 0 fully saturated rings. The lowest BCUT2D eigenvalue weighted by molar-refractivity contribution is 0.0713. The van der Waals surface area contributed by atoms with Crippen molar-refractivity contribution < 1.29 is 15.0 Å². The SMILES string of the molecule is C[C@@H](CO)NC(=O)c1ccc(CCC(C)(C)O)cc1. The summed E-state index contributed by atoms with van der Waals surface area (Å²) in [6, 6.07) is 7.06. The molecule has 0 saturated heterocycles. The van der Waals surface area contributed by atoms with Crippen LogP contribution in [0.3, 0.4) is 0 Å². The van der Waals surface area contributed by atoms with Crippen LogP contribution < -0.4 is 5.32 Å². The zero-order valence-corrected chi connectivity index (χ0v) is 11.8. The van der Waals surface area contributed by atoms with Gasteiger partial charge in [0, 0.05) is 11.6 Å². The van der Waals surface area contributed by atoms with Gasteiger partial charge in [-0.2, -0.15) is 0 Å². The highest BCUT2D eigenvalue weighted by atomic mass is 16.3. The van der Waals surface area contributed by atoms with Crippen LogP contribution in [-0.2, 0) is 6.42 Å². The Labute approximate surface area is 114 Å². The molecule has 1 amide bonds. The lowest BCUT2D eigenvalue weighted by Gasteiger charge is -2.16. The highest BCUT2D eigenvalue weighted by molar-refractivity contribution is 5.94. The first kappa shape index (κ1) is 15.7. The van der Waals surface area contributed by atoms with Gasteiger partial charge in [0.05, 0.1) is 12.2 Å². The van der Waals surface area contributed by atoms with Crippen LogP contribution in [0, 0.1) is 0 Å². The van der Waals surface area contributed by atoms with E-state index in [1.54, 1.807) is 32.9 Å². The molecular weight excluding hydrogens is 242 g/mol. The van der Waals surface area contributed by atoms with Crippen molar-refractivity contribution in [3.63, 3.8) is 0 Å². The minimum absolute atomic E-state index is 0.0740. The molecule has 0 saturated carbocycles. The van der Waals surface area contributed by atoms with E-state index in [0.29, 0.717) is 12.0 Å². The molecule has 1 aromatic carbocycles. The molecular formula is C15H23NO3. The van der Waals surface area contributed by atoms with Crippen LogP contribution in [0.2, 0.25) is 0 Å². The molecule has 0 unspecified atom stereocenters. The maximum absolute atomic E-state index is 11.8. The molecule has 0 aliphatic rings. The van der Waals surface area contributed by atoms with Crippen LogP contribution in [0.5, 0.6) is 0 Å². The topological polar surface area (TPSA) is 69.6 Å². The number of carbonyl (C=O) groups excluding carboxylic acids is 1. The number of aliphatic hydroxyl groups excluding tert-OH is 1. The van der Waals surface area contributed by atoms with Gasteiger partial charge in [-0.25, -0.2) is 0 Å². The van der Waals surface area contributed by atoms with Gasteiger partial charge < -0.3 is 15.5 Å². The third-order valence-electron chi connectivity index (χ3n) is 2.89. The Morgan fingerprint density at radius 3 is 2.37 bits per heavy atom. The summed E-state index contributed by atoms with van der Waals surface area (Å²) in [6.45, 7) is 5.24. The number of aryl methyl sites for hydroxylation is 1. The van der Waals surface area contributed by atoms with Gasteiger partial charge in [0.2, 0.25) is 0 Å². The van der Waals surface area contributed by atoms with Gasteiger partial charge in [-0.1, -0.05) is 12.1 Å². The minimum atomic E-state index is -0.674. The van der Waals surface area contributed by atoms with Gasteiger partial charge in [0.1, 0.15) is 0 Å². The molecule has 0 heterocycles. The van der Waals surface area contributed by atoms with Crippen molar-refractivity contribution in [1.29, 1.82) is 0 Å². The summed E-state index contributed by atoms with van der Waals surface area (Å²) in [7, 11) is 0. The van der Waals surface area contributed by atoms with Crippen LogP contribution in [0.15, 0.2) is 24.3 Å². The smallest absolute Gasteiger partial charge is 0.251 e. The zero-order valence-electron chi connectivity index (χ0n) is 11.8. The highest BCUT2D eigenvalue weighted by Crippen LogP contribution is 2.13.